The lowest BCUT2D eigenvalue weighted by Gasteiger charge is -2.30. The van der Waals surface area contributed by atoms with Gasteiger partial charge in [-0.1, -0.05) is 64.4 Å². The maximum atomic E-state index is 14.3. The van der Waals surface area contributed by atoms with Gasteiger partial charge in [-0.05, 0) is 114 Å². The number of rotatable bonds is 49. The van der Waals surface area contributed by atoms with E-state index in [0.717, 1.165) is 6.92 Å². The largest absolute Gasteiger partial charge is 0.481 e. The molecule has 12 atom stereocenters. The van der Waals surface area contributed by atoms with E-state index >= 15 is 0 Å². The molecule has 0 heterocycles. The topological polar surface area (TPSA) is 603 Å². The number of aliphatic hydroxyl groups excluding tert-OH is 1. The molecule has 0 saturated carbocycles. The second-order valence-electron chi connectivity index (χ2n) is 23.6. The van der Waals surface area contributed by atoms with Crippen LogP contribution in [0.5, 0.6) is 0 Å². The van der Waals surface area contributed by atoms with Gasteiger partial charge in [-0.3, -0.25) is 67.3 Å². The molecule has 0 aliphatic carbocycles. The number of aliphatic imine (C=N–C) groups is 1. The van der Waals surface area contributed by atoms with Crippen LogP contribution >= 0.6 is 11.8 Å². The van der Waals surface area contributed by atoms with Crippen LogP contribution in [0, 0.1) is 11.8 Å². The van der Waals surface area contributed by atoms with Gasteiger partial charge in [0.05, 0.1) is 25.0 Å². The average Bonchev–Trinajstić information content (AvgIpc) is 0.945. The van der Waals surface area contributed by atoms with Crippen molar-refractivity contribution in [1.29, 1.82) is 0 Å². The number of carboxylic acids is 4. The van der Waals surface area contributed by atoms with Crippen LogP contribution in [-0.4, -0.2) is 219 Å². The van der Waals surface area contributed by atoms with Crippen LogP contribution in [0.15, 0.2) is 35.3 Å². The molecule has 0 bridgehead atoms. The number of amides is 10. The standard InChI is InChI=1S/C60H100N16O19S/c1-31(2)27-40(53(88)70-39(59(94)95)19-14-25-66-60(64)65)72-54(89)41(28-34-15-8-7-9-16-34)74-58(93)48(33(5)77)76-52(87)37(20-21-44(78)79)69-57(92)47(32(3)4)75-51(86)36(18-11-13-24-62)67-56(91)43(30-46(82)83)73-50(85)38(22-26-96-6)68-55(90)42(29-45(80)81)71-49(84)35(63)17-10-12-23-61/h7-9,15-16,31-33,35-43,47-48,77H,10-14,17-30,61-63H2,1-6H3,(H,67,91)(H,68,90)(H,69,92)(H,70,88)(H,71,84)(H,72,89)(H,73,85)(H,74,93)(H,75,86)(H,76,87)(H,78,79)(H,80,81)(H,82,83)(H,94,95)(H4,64,65,66)/t33-,35+,36+,37+,38+,39+,40+,41+,42+,43+,47+,48+/m1/s1. The Morgan fingerprint density at radius 3 is 1.38 bits per heavy atom. The van der Waals surface area contributed by atoms with Gasteiger partial charge in [-0.2, -0.15) is 11.8 Å². The first kappa shape index (κ1) is 85.3. The van der Waals surface area contributed by atoms with Crippen LogP contribution in [-0.2, 0) is 73.5 Å². The van der Waals surface area contributed by atoms with Crippen LogP contribution in [0.25, 0.3) is 0 Å². The molecule has 0 aromatic heterocycles. The highest BCUT2D eigenvalue weighted by Gasteiger charge is 2.38. The molecule has 1 aromatic rings. The van der Waals surface area contributed by atoms with Gasteiger partial charge in [0.15, 0.2) is 5.96 Å². The number of aliphatic carboxylic acids is 4. The quantitative estimate of drug-likeness (QED) is 0.0166. The molecule has 0 aliphatic rings. The maximum Gasteiger partial charge on any atom is 0.326 e. The molecular weight excluding hydrogens is 1280 g/mol. The fraction of sp³-hybridized carbons (Fsp3) is 0.650. The van der Waals surface area contributed by atoms with Gasteiger partial charge in [-0.15, -0.1) is 0 Å². The number of carboxylic acid groups (broad SMARTS) is 4. The van der Waals surface area contributed by atoms with Gasteiger partial charge in [0.2, 0.25) is 59.1 Å². The molecule has 25 N–H and O–H groups in total. The number of carbonyl (C=O) groups excluding carboxylic acids is 10. The molecule has 10 amide bonds. The van der Waals surface area contributed by atoms with Crippen molar-refractivity contribution in [1.82, 2.24) is 53.2 Å². The summed E-state index contributed by atoms with van der Waals surface area (Å²) in [6, 6.07) is -9.43. The highest BCUT2D eigenvalue weighted by molar-refractivity contribution is 7.98. The Kier molecular flexibility index (Phi) is 40.5. The molecule has 540 valence electrons. The number of carbonyl (C=O) groups is 14. The molecule has 0 unspecified atom stereocenters. The third-order valence-corrected chi connectivity index (χ3v) is 15.2. The molecule has 0 spiro atoms. The van der Waals surface area contributed by atoms with Crippen molar-refractivity contribution in [3.05, 3.63) is 35.9 Å². The van der Waals surface area contributed by atoms with Crippen molar-refractivity contribution >= 4 is 101 Å². The Hall–Kier alpha value is -8.74. The summed E-state index contributed by atoms with van der Waals surface area (Å²) in [5.74, 6) is -17.7. The van der Waals surface area contributed by atoms with Crippen LogP contribution in [0.2, 0.25) is 0 Å². The lowest BCUT2D eigenvalue weighted by Crippen LogP contribution is -2.62. The first-order chi connectivity index (χ1) is 45.1. The Morgan fingerprint density at radius 1 is 0.469 bits per heavy atom. The number of hydrogen-bond donors (Lipinski definition) is 20. The maximum absolute atomic E-state index is 14.3. The third-order valence-electron chi connectivity index (χ3n) is 14.6. The molecule has 0 saturated heterocycles. The lowest BCUT2D eigenvalue weighted by molar-refractivity contribution is -0.143. The van der Waals surface area contributed by atoms with E-state index in [4.69, 9.17) is 28.7 Å². The molecule has 1 aromatic carbocycles. The Bertz CT molecular complexity index is 2780. The fourth-order valence-electron chi connectivity index (χ4n) is 9.34. The molecule has 35 nitrogen and oxygen atoms in total. The molecule has 96 heavy (non-hydrogen) atoms. The van der Waals surface area contributed by atoms with Crippen LogP contribution < -0.4 is 81.8 Å². The number of thioether (sulfide) groups is 1. The summed E-state index contributed by atoms with van der Waals surface area (Å²) in [4.78, 5) is 192. The zero-order valence-corrected chi connectivity index (χ0v) is 55.9. The Morgan fingerprint density at radius 2 is 0.885 bits per heavy atom. The minimum atomic E-state index is -1.95. The monoisotopic (exact) mass is 1380 g/mol. The summed E-state index contributed by atoms with van der Waals surface area (Å²) in [7, 11) is 0. The number of nitrogens with two attached hydrogens (primary N) is 5. The van der Waals surface area contributed by atoms with Gasteiger partial charge in [-0.25, -0.2) is 4.79 Å². The first-order valence-electron chi connectivity index (χ1n) is 31.5. The van der Waals surface area contributed by atoms with Gasteiger partial charge >= 0.3 is 23.9 Å². The summed E-state index contributed by atoms with van der Waals surface area (Å²) in [6.07, 6.45) is -2.46. The predicted molar refractivity (Wildman–Crippen MR) is 351 cm³/mol. The average molecular weight is 1380 g/mol. The fourth-order valence-corrected chi connectivity index (χ4v) is 9.82. The van der Waals surface area contributed by atoms with E-state index in [0.29, 0.717) is 24.9 Å². The number of nitrogens with zero attached hydrogens (tertiary/aromatic N) is 1. The van der Waals surface area contributed by atoms with Gasteiger partial charge in [0.25, 0.3) is 0 Å². The van der Waals surface area contributed by atoms with E-state index in [1.54, 1.807) is 50.4 Å². The second kappa shape index (κ2) is 45.6. The van der Waals surface area contributed by atoms with Gasteiger partial charge in [0.1, 0.15) is 60.4 Å². The highest BCUT2D eigenvalue weighted by atomic mass is 32.2. The van der Waals surface area contributed by atoms with E-state index in [1.807, 2.05) is 0 Å². The zero-order valence-electron chi connectivity index (χ0n) is 55.1. The summed E-state index contributed by atoms with van der Waals surface area (Å²) >= 11 is 1.22. The van der Waals surface area contributed by atoms with Crippen molar-refractivity contribution in [2.45, 2.75) is 203 Å². The molecule has 0 fully saturated rings. The Labute approximate surface area is 561 Å². The number of benzene rings is 1. The summed E-state index contributed by atoms with van der Waals surface area (Å²) < 4.78 is 0. The van der Waals surface area contributed by atoms with Crippen LogP contribution in [0.3, 0.4) is 0 Å². The third kappa shape index (κ3) is 34.1. The van der Waals surface area contributed by atoms with Crippen LogP contribution in [0.1, 0.15) is 130 Å². The predicted octanol–water partition coefficient (Wildman–Crippen LogP) is -4.55. The number of guanidine groups is 1. The number of unbranched alkanes of at least 4 members (excludes halogenated alkanes) is 2. The van der Waals surface area contributed by atoms with Crippen molar-refractivity contribution in [2.75, 3.05) is 31.6 Å². The highest BCUT2D eigenvalue weighted by Crippen LogP contribution is 2.14. The SMILES string of the molecule is CSCC[C@H](NC(=O)[C@H](CC(=O)O)NC(=O)[C@@H](N)CCCCN)C(=O)N[C@@H](CC(=O)O)C(=O)N[C@@H](CCCCN)C(=O)N[C@H](C(=O)N[C@@H](CCC(=O)O)C(=O)N[C@H](C(=O)N[C@@H](Cc1ccccc1)C(=O)N[C@@H](CC(C)C)C(=O)N[C@@H](CCCN=C(N)N)C(=O)O)[C@@H](C)O)C(C)C. The number of aliphatic hydroxyl groups is 1. The molecule has 1 rings (SSSR count). The van der Waals surface area contributed by atoms with E-state index in [1.165, 1.54) is 25.6 Å². The van der Waals surface area contributed by atoms with Crippen molar-refractivity contribution in [3.8, 4) is 0 Å². The number of nitrogens with one attached hydrogen (secondary N) is 10. The first-order valence-corrected chi connectivity index (χ1v) is 32.9. The molecule has 0 radical (unpaired) electrons. The normalized spacial score (nSPS) is 14.9. The van der Waals surface area contributed by atoms with Crippen LogP contribution in [0.4, 0.5) is 0 Å². The minimum absolute atomic E-state index is 0.00506. The van der Waals surface area contributed by atoms with Crippen molar-refractivity contribution < 1.29 is 92.7 Å². The second-order valence-corrected chi connectivity index (χ2v) is 24.6. The van der Waals surface area contributed by atoms with E-state index in [9.17, 15) is 92.7 Å². The smallest absolute Gasteiger partial charge is 0.326 e. The summed E-state index contributed by atoms with van der Waals surface area (Å²) in [6.45, 7) is 8.02. The number of hydrogen-bond acceptors (Lipinski definition) is 20. The Balaban J connectivity index is 3.61. The van der Waals surface area contributed by atoms with Gasteiger partial charge in [0, 0.05) is 19.4 Å². The summed E-state index contributed by atoms with van der Waals surface area (Å²) in [5, 5.41) is 74.1. The van der Waals surface area contributed by atoms with Crippen molar-refractivity contribution in [2.24, 2.45) is 45.5 Å². The van der Waals surface area contributed by atoms with Crippen molar-refractivity contribution in [3.63, 3.8) is 0 Å². The van der Waals surface area contributed by atoms with E-state index < -0.39 is 187 Å². The lowest BCUT2D eigenvalue weighted by atomic mass is 9.99. The van der Waals surface area contributed by atoms with Gasteiger partial charge < -0.3 is 107 Å². The molecule has 0 aliphatic heterocycles. The summed E-state index contributed by atoms with van der Waals surface area (Å²) in [5.41, 5.74) is 28.4. The molecule has 36 heteroatoms. The van der Waals surface area contributed by atoms with E-state index in [-0.39, 0.29) is 88.5 Å². The molecular formula is C60H100N16O19S. The zero-order chi connectivity index (χ0) is 72.8. The minimum Gasteiger partial charge on any atom is -0.481 e. The van der Waals surface area contributed by atoms with E-state index in [2.05, 4.69) is 58.2 Å².